The van der Waals surface area contributed by atoms with Crippen LogP contribution >= 0.6 is 15.9 Å². The van der Waals surface area contributed by atoms with Crippen molar-refractivity contribution in [2.75, 3.05) is 5.32 Å². The summed E-state index contributed by atoms with van der Waals surface area (Å²) < 4.78 is 1.08. The fourth-order valence-corrected chi connectivity index (χ4v) is 2.07. The number of benzene rings is 1. The van der Waals surface area contributed by atoms with Gasteiger partial charge in [0, 0.05) is 16.2 Å². The third kappa shape index (κ3) is 4.29. The monoisotopic (exact) mass is 347 g/mol. The fourth-order valence-electron chi connectivity index (χ4n) is 1.83. The molecule has 1 aromatic carbocycles. The quantitative estimate of drug-likeness (QED) is 0.877. The number of aromatic nitrogens is 1. The van der Waals surface area contributed by atoms with Crippen molar-refractivity contribution in [2.24, 2.45) is 0 Å². The highest BCUT2D eigenvalue weighted by molar-refractivity contribution is 9.10. The maximum Gasteiger partial charge on any atom is 0.270 e. The smallest absolute Gasteiger partial charge is 0.270 e. The van der Waals surface area contributed by atoms with Gasteiger partial charge in [0.15, 0.2) is 0 Å². The number of pyridine rings is 1. The molecule has 0 radical (unpaired) electrons. The molecule has 0 aliphatic rings. The number of nitrogens with one attached hydrogen (secondary N) is 2. The molecule has 0 saturated carbocycles. The van der Waals surface area contributed by atoms with Crippen molar-refractivity contribution in [1.29, 1.82) is 0 Å². The van der Waals surface area contributed by atoms with Gasteiger partial charge in [-0.3, -0.25) is 4.79 Å². The molecular formula is C16H18BrN3O. The number of rotatable bonds is 4. The zero-order valence-corrected chi connectivity index (χ0v) is 13.9. The normalized spacial score (nSPS) is 10.5. The number of amides is 1. The van der Waals surface area contributed by atoms with Crippen molar-refractivity contribution >= 4 is 33.2 Å². The van der Waals surface area contributed by atoms with Crippen molar-refractivity contribution < 1.29 is 4.79 Å². The van der Waals surface area contributed by atoms with Crippen LogP contribution < -0.4 is 10.6 Å². The average molecular weight is 348 g/mol. The first kappa shape index (κ1) is 15.5. The molecule has 0 saturated heterocycles. The van der Waals surface area contributed by atoms with Crippen molar-refractivity contribution in [3.8, 4) is 0 Å². The predicted molar refractivity (Wildman–Crippen MR) is 89.0 cm³/mol. The van der Waals surface area contributed by atoms with E-state index in [0.29, 0.717) is 5.69 Å². The summed E-state index contributed by atoms with van der Waals surface area (Å²) in [5, 5.41) is 6.08. The highest BCUT2D eigenvalue weighted by Gasteiger charge is 2.08. The van der Waals surface area contributed by atoms with Gasteiger partial charge in [0.2, 0.25) is 0 Å². The third-order valence-corrected chi connectivity index (χ3v) is 3.75. The Labute approximate surface area is 133 Å². The molecule has 5 heteroatoms. The average Bonchev–Trinajstić information content (AvgIpc) is 2.43. The number of nitrogens with zero attached hydrogens (tertiary/aromatic N) is 1. The number of halogens is 1. The first-order valence-electron chi connectivity index (χ1n) is 6.76. The van der Waals surface area contributed by atoms with E-state index in [0.717, 1.165) is 21.4 Å². The van der Waals surface area contributed by atoms with Crippen LogP contribution in [0, 0.1) is 6.92 Å². The number of aryl methyl sites for hydroxylation is 1. The van der Waals surface area contributed by atoms with Crippen molar-refractivity contribution in [3.05, 3.63) is 52.3 Å². The number of hydrogen-bond donors (Lipinski definition) is 2. The molecule has 1 heterocycles. The summed E-state index contributed by atoms with van der Waals surface area (Å²) in [7, 11) is 0. The van der Waals surface area contributed by atoms with E-state index in [1.807, 2.05) is 45.0 Å². The molecule has 2 aromatic rings. The standard InChI is InChI=1S/C16H18BrN3O/c1-10(2)19-16(21)15-7-5-13(9-18-15)20-12-4-6-14(17)11(3)8-12/h4-10,20H,1-3H3,(H,19,21). The molecule has 0 unspecified atom stereocenters. The minimum absolute atomic E-state index is 0.0999. The molecular weight excluding hydrogens is 330 g/mol. The van der Waals surface area contributed by atoms with Crippen molar-refractivity contribution in [1.82, 2.24) is 10.3 Å². The summed E-state index contributed by atoms with van der Waals surface area (Å²) in [6.45, 7) is 5.88. The van der Waals surface area contributed by atoms with E-state index in [1.54, 1.807) is 12.3 Å². The van der Waals surface area contributed by atoms with Crippen LogP contribution in [0.2, 0.25) is 0 Å². The zero-order chi connectivity index (χ0) is 15.4. The molecule has 2 rings (SSSR count). The molecule has 21 heavy (non-hydrogen) atoms. The van der Waals surface area contributed by atoms with Crippen LogP contribution in [-0.4, -0.2) is 16.9 Å². The highest BCUT2D eigenvalue weighted by Crippen LogP contribution is 2.22. The van der Waals surface area contributed by atoms with Gasteiger partial charge < -0.3 is 10.6 Å². The van der Waals surface area contributed by atoms with Gasteiger partial charge in [-0.15, -0.1) is 0 Å². The van der Waals surface area contributed by atoms with E-state index in [-0.39, 0.29) is 11.9 Å². The maximum absolute atomic E-state index is 11.8. The van der Waals surface area contributed by atoms with Crippen molar-refractivity contribution in [2.45, 2.75) is 26.8 Å². The second kappa shape index (κ2) is 6.72. The molecule has 1 amide bonds. The van der Waals surface area contributed by atoms with Gasteiger partial charge in [0.1, 0.15) is 5.69 Å². The Balaban J connectivity index is 2.08. The molecule has 1 aromatic heterocycles. The topological polar surface area (TPSA) is 54.0 Å². The molecule has 0 spiro atoms. The first-order chi connectivity index (χ1) is 9.95. The summed E-state index contributed by atoms with van der Waals surface area (Å²) in [5.41, 5.74) is 3.40. The second-order valence-electron chi connectivity index (χ2n) is 5.15. The predicted octanol–water partition coefficient (Wildman–Crippen LogP) is 4.03. The molecule has 0 fully saturated rings. The third-order valence-electron chi connectivity index (χ3n) is 2.86. The van der Waals surface area contributed by atoms with Gasteiger partial charge in [-0.1, -0.05) is 15.9 Å². The second-order valence-corrected chi connectivity index (χ2v) is 6.00. The Morgan fingerprint density at radius 1 is 1.19 bits per heavy atom. The summed E-state index contributed by atoms with van der Waals surface area (Å²) in [5.74, 6) is -0.156. The van der Waals surface area contributed by atoms with Gasteiger partial charge in [0.25, 0.3) is 5.91 Å². The van der Waals surface area contributed by atoms with E-state index >= 15 is 0 Å². The van der Waals surface area contributed by atoms with Gasteiger partial charge in [-0.05, 0) is 56.7 Å². The number of carbonyl (C=O) groups is 1. The largest absolute Gasteiger partial charge is 0.354 e. The van der Waals surface area contributed by atoms with Crippen LogP contribution in [0.25, 0.3) is 0 Å². The molecule has 0 atom stereocenters. The number of carbonyl (C=O) groups excluding carboxylic acids is 1. The molecule has 0 aliphatic carbocycles. The number of anilines is 2. The lowest BCUT2D eigenvalue weighted by molar-refractivity contribution is 0.0938. The fraction of sp³-hybridized carbons (Fsp3) is 0.250. The Morgan fingerprint density at radius 2 is 1.90 bits per heavy atom. The van der Waals surface area contributed by atoms with Crippen LogP contribution in [0.1, 0.15) is 29.9 Å². The van der Waals surface area contributed by atoms with Crippen LogP contribution in [-0.2, 0) is 0 Å². The maximum atomic E-state index is 11.8. The van der Waals surface area contributed by atoms with Gasteiger partial charge in [-0.2, -0.15) is 0 Å². The minimum Gasteiger partial charge on any atom is -0.354 e. The van der Waals surface area contributed by atoms with Crippen LogP contribution in [0.15, 0.2) is 41.0 Å². The summed E-state index contributed by atoms with van der Waals surface area (Å²) in [6, 6.07) is 9.68. The van der Waals surface area contributed by atoms with Gasteiger partial charge in [-0.25, -0.2) is 4.98 Å². The highest BCUT2D eigenvalue weighted by atomic mass is 79.9. The Morgan fingerprint density at radius 3 is 2.48 bits per heavy atom. The van der Waals surface area contributed by atoms with E-state index in [2.05, 4.69) is 31.5 Å². The summed E-state index contributed by atoms with van der Waals surface area (Å²) in [6.07, 6.45) is 1.66. The van der Waals surface area contributed by atoms with E-state index in [4.69, 9.17) is 0 Å². The van der Waals surface area contributed by atoms with Gasteiger partial charge >= 0.3 is 0 Å². The van der Waals surface area contributed by atoms with Crippen LogP contribution in [0.3, 0.4) is 0 Å². The van der Waals surface area contributed by atoms with Crippen molar-refractivity contribution in [3.63, 3.8) is 0 Å². The lowest BCUT2D eigenvalue weighted by Crippen LogP contribution is -2.30. The summed E-state index contributed by atoms with van der Waals surface area (Å²) in [4.78, 5) is 16.0. The Bertz CT molecular complexity index is 638. The van der Waals surface area contributed by atoms with E-state index in [9.17, 15) is 4.79 Å². The molecule has 4 nitrogen and oxygen atoms in total. The summed E-state index contributed by atoms with van der Waals surface area (Å²) >= 11 is 3.48. The molecule has 110 valence electrons. The van der Waals surface area contributed by atoms with Crippen LogP contribution in [0.5, 0.6) is 0 Å². The lowest BCUT2D eigenvalue weighted by atomic mass is 10.2. The van der Waals surface area contributed by atoms with Gasteiger partial charge in [0.05, 0.1) is 11.9 Å². The minimum atomic E-state index is -0.156. The molecule has 0 aliphatic heterocycles. The van der Waals surface area contributed by atoms with E-state index in [1.165, 1.54) is 0 Å². The molecule has 2 N–H and O–H groups in total. The number of hydrogen-bond acceptors (Lipinski definition) is 3. The Kier molecular flexibility index (Phi) is 4.96. The SMILES string of the molecule is Cc1cc(Nc2ccc(C(=O)NC(C)C)nc2)ccc1Br. The lowest BCUT2D eigenvalue weighted by Gasteiger charge is -2.10. The molecule has 0 bridgehead atoms. The first-order valence-corrected chi connectivity index (χ1v) is 7.55. The van der Waals surface area contributed by atoms with E-state index < -0.39 is 0 Å². The Hall–Kier alpha value is -1.88. The zero-order valence-electron chi connectivity index (χ0n) is 12.3. The van der Waals surface area contributed by atoms with Crippen LogP contribution in [0.4, 0.5) is 11.4 Å².